The minimum Gasteiger partial charge on any atom is -0.409 e. The predicted molar refractivity (Wildman–Crippen MR) is 69.9 cm³/mol. The molecule has 0 radical (unpaired) electrons. The van der Waals surface area contributed by atoms with Gasteiger partial charge in [0.15, 0.2) is 10.2 Å². The summed E-state index contributed by atoms with van der Waals surface area (Å²) in [5.74, 6) is 0.118. The van der Waals surface area contributed by atoms with Crippen LogP contribution in [0.3, 0.4) is 0 Å². The largest absolute Gasteiger partial charge is 0.409 e. The lowest BCUT2D eigenvalue weighted by Crippen LogP contribution is -2.14. The Hall–Kier alpha value is -1.53. The summed E-state index contributed by atoms with van der Waals surface area (Å²) in [7, 11) is 0. The van der Waals surface area contributed by atoms with Crippen molar-refractivity contribution in [2.24, 2.45) is 10.9 Å². The number of rotatable bonds is 3. The second kappa shape index (κ2) is 5.20. The molecular formula is C11H11N3OS2. The van der Waals surface area contributed by atoms with Gasteiger partial charge in [-0.3, -0.25) is 0 Å². The lowest BCUT2D eigenvalue weighted by atomic mass is 10.1. The van der Waals surface area contributed by atoms with Gasteiger partial charge in [0.05, 0.1) is 0 Å². The lowest BCUT2D eigenvalue weighted by molar-refractivity contribution is 0.318. The third kappa shape index (κ3) is 2.59. The Labute approximate surface area is 107 Å². The minimum atomic E-state index is 0.118. The fraction of sp³-hybridized carbons (Fsp3) is 0.0909. The molecule has 17 heavy (non-hydrogen) atoms. The third-order valence-corrected chi connectivity index (χ3v) is 4.32. The van der Waals surface area contributed by atoms with Crippen molar-refractivity contribution in [1.82, 2.24) is 4.98 Å². The predicted octanol–water partition coefficient (Wildman–Crippen LogP) is 2.70. The van der Waals surface area contributed by atoms with E-state index >= 15 is 0 Å². The van der Waals surface area contributed by atoms with Gasteiger partial charge in [-0.05, 0) is 18.6 Å². The quantitative estimate of drug-likeness (QED) is 0.387. The van der Waals surface area contributed by atoms with Gasteiger partial charge in [0.2, 0.25) is 0 Å². The highest BCUT2D eigenvalue weighted by atomic mass is 32.2. The molecule has 0 saturated carbocycles. The second-order valence-corrected chi connectivity index (χ2v) is 5.49. The molecule has 0 spiro atoms. The Morgan fingerprint density at radius 1 is 1.53 bits per heavy atom. The number of aryl methyl sites for hydroxylation is 1. The zero-order valence-corrected chi connectivity index (χ0v) is 10.8. The number of oxime groups is 1. The highest BCUT2D eigenvalue weighted by Gasteiger charge is 2.12. The normalized spacial score (nSPS) is 11.7. The molecule has 6 heteroatoms. The summed E-state index contributed by atoms with van der Waals surface area (Å²) in [5.41, 5.74) is 7.47. The summed E-state index contributed by atoms with van der Waals surface area (Å²) >= 11 is 3.09. The number of aromatic nitrogens is 1. The summed E-state index contributed by atoms with van der Waals surface area (Å²) in [6.45, 7) is 1.99. The molecule has 3 N–H and O–H groups in total. The standard InChI is InChI=1S/C11H11N3OS2/c1-7-3-2-4-8(10(12)14-15)9(7)17-11-13-5-6-16-11/h2-6,15H,1H3,(H2,12,14). The fourth-order valence-electron chi connectivity index (χ4n) is 1.39. The van der Waals surface area contributed by atoms with Crippen LogP contribution in [-0.4, -0.2) is 16.0 Å². The molecule has 0 amide bonds. The van der Waals surface area contributed by atoms with E-state index in [-0.39, 0.29) is 5.84 Å². The van der Waals surface area contributed by atoms with E-state index in [1.54, 1.807) is 17.5 Å². The lowest BCUT2D eigenvalue weighted by Gasteiger charge is -2.09. The summed E-state index contributed by atoms with van der Waals surface area (Å²) < 4.78 is 0.936. The molecule has 4 nitrogen and oxygen atoms in total. The smallest absolute Gasteiger partial charge is 0.171 e. The van der Waals surface area contributed by atoms with Crippen molar-refractivity contribution >= 4 is 28.9 Å². The Kier molecular flexibility index (Phi) is 3.65. The highest BCUT2D eigenvalue weighted by molar-refractivity contribution is 8.01. The maximum atomic E-state index is 8.77. The number of amidine groups is 1. The molecule has 1 heterocycles. The van der Waals surface area contributed by atoms with Crippen LogP contribution < -0.4 is 5.73 Å². The molecule has 88 valence electrons. The van der Waals surface area contributed by atoms with Gasteiger partial charge in [-0.25, -0.2) is 4.98 Å². The van der Waals surface area contributed by atoms with Crippen LogP contribution in [0.4, 0.5) is 0 Å². The van der Waals surface area contributed by atoms with Crippen LogP contribution in [-0.2, 0) is 0 Å². The number of nitrogens with zero attached hydrogens (tertiary/aromatic N) is 2. The SMILES string of the molecule is Cc1cccc(/C(N)=N/O)c1Sc1nccs1. The van der Waals surface area contributed by atoms with Crippen LogP contribution in [0.25, 0.3) is 0 Å². The van der Waals surface area contributed by atoms with Gasteiger partial charge in [0, 0.05) is 22.0 Å². The molecule has 1 aromatic carbocycles. The first kappa shape index (κ1) is 11.9. The van der Waals surface area contributed by atoms with E-state index in [1.807, 2.05) is 30.5 Å². The minimum absolute atomic E-state index is 0.118. The van der Waals surface area contributed by atoms with E-state index in [1.165, 1.54) is 11.8 Å². The van der Waals surface area contributed by atoms with Gasteiger partial charge in [0.1, 0.15) is 0 Å². The number of hydrogen-bond acceptors (Lipinski definition) is 5. The van der Waals surface area contributed by atoms with Crippen molar-refractivity contribution in [2.45, 2.75) is 16.2 Å². The van der Waals surface area contributed by atoms with Crippen LogP contribution >= 0.6 is 23.1 Å². The van der Waals surface area contributed by atoms with Gasteiger partial charge in [-0.1, -0.05) is 29.1 Å². The molecule has 0 aliphatic rings. The molecule has 0 saturated heterocycles. The van der Waals surface area contributed by atoms with Crippen molar-refractivity contribution in [3.63, 3.8) is 0 Å². The monoisotopic (exact) mass is 265 g/mol. The first-order valence-corrected chi connectivity index (χ1v) is 6.57. The summed E-state index contributed by atoms with van der Waals surface area (Å²) in [4.78, 5) is 5.19. The molecule has 0 unspecified atom stereocenters. The molecule has 0 aliphatic carbocycles. The average Bonchev–Trinajstić information content (AvgIpc) is 2.83. The molecule has 0 bridgehead atoms. The van der Waals surface area contributed by atoms with Crippen molar-refractivity contribution < 1.29 is 5.21 Å². The van der Waals surface area contributed by atoms with Gasteiger partial charge >= 0.3 is 0 Å². The molecular weight excluding hydrogens is 254 g/mol. The number of nitrogens with two attached hydrogens (primary N) is 1. The van der Waals surface area contributed by atoms with Gasteiger partial charge in [0.25, 0.3) is 0 Å². The van der Waals surface area contributed by atoms with Crippen molar-refractivity contribution in [1.29, 1.82) is 0 Å². The maximum Gasteiger partial charge on any atom is 0.171 e. The van der Waals surface area contributed by atoms with Crippen molar-refractivity contribution in [3.05, 3.63) is 40.9 Å². The maximum absolute atomic E-state index is 8.77. The Bertz CT molecular complexity index is 538. The number of thiazole rings is 1. The summed E-state index contributed by atoms with van der Waals surface area (Å²) in [6.07, 6.45) is 1.76. The van der Waals surface area contributed by atoms with E-state index in [4.69, 9.17) is 10.9 Å². The average molecular weight is 265 g/mol. The van der Waals surface area contributed by atoms with Crippen molar-refractivity contribution in [3.8, 4) is 0 Å². The Balaban J connectivity index is 2.44. The first-order valence-electron chi connectivity index (χ1n) is 4.87. The van der Waals surface area contributed by atoms with Crippen LogP contribution in [0.2, 0.25) is 0 Å². The highest BCUT2D eigenvalue weighted by Crippen LogP contribution is 2.34. The van der Waals surface area contributed by atoms with E-state index in [9.17, 15) is 0 Å². The van der Waals surface area contributed by atoms with Crippen LogP contribution in [0.5, 0.6) is 0 Å². The molecule has 0 fully saturated rings. The van der Waals surface area contributed by atoms with Gasteiger partial charge in [-0.15, -0.1) is 11.3 Å². The Morgan fingerprint density at radius 3 is 3.00 bits per heavy atom. The summed E-state index contributed by atoms with van der Waals surface area (Å²) in [5, 5.41) is 13.7. The van der Waals surface area contributed by atoms with Crippen LogP contribution in [0.15, 0.2) is 44.2 Å². The van der Waals surface area contributed by atoms with E-state index in [2.05, 4.69) is 10.1 Å². The van der Waals surface area contributed by atoms with Gasteiger partial charge < -0.3 is 10.9 Å². The molecule has 2 rings (SSSR count). The van der Waals surface area contributed by atoms with E-state index in [0.717, 1.165) is 20.4 Å². The Morgan fingerprint density at radius 2 is 2.35 bits per heavy atom. The fourth-order valence-corrected chi connectivity index (χ4v) is 3.16. The molecule has 1 aromatic heterocycles. The van der Waals surface area contributed by atoms with Crippen LogP contribution in [0.1, 0.15) is 11.1 Å². The summed E-state index contributed by atoms with van der Waals surface area (Å²) in [6, 6.07) is 5.71. The van der Waals surface area contributed by atoms with E-state index in [0.29, 0.717) is 0 Å². The van der Waals surface area contributed by atoms with Gasteiger partial charge in [-0.2, -0.15) is 0 Å². The zero-order chi connectivity index (χ0) is 12.3. The van der Waals surface area contributed by atoms with Crippen LogP contribution in [0, 0.1) is 6.92 Å². The number of hydrogen-bond donors (Lipinski definition) is 2. The zero-order valence-electron chi connectivity index (χ0n) is 9.12. The van der Waals surface area contributed by atoms with Crippen molar-refractivity contribution in [2.75, 3.05) is 0 Å². The molecule has 2 aromatic rings. The molecule has 0 atom stereocenters. The first-order chi connectivity index (χ1) is 8.22. The topological polar surface area (TPSA) is 71.5 Å². The number of benzene rings is 1. The second-order valence-electron chi connectivity index (χ2n) is 3.34. The third-order valence-electron chi connectivity index (χ3n) is 2.19. The molecule has 0 aliphatic heterocycles. The van der Waals surface area contributed by atoms with E-state index < -0.39 is 0 Å².